The van der Waals surface area contributed by atoms with Gasteiger partial charge in [0.25, 0.3) is 6.43 Å². The van der Waals surface area contributed by atoms with Gasteiger partial charge in [-0.2, -0.15) is 0 Å². The van der Waals surface area contributed by atoms with Crippen LogP contribution in [0.15, 0.2) is 6.07 Å². The van der Waals surface area contributed by atoms with Crippen LogP contribution in [0.1, 0.15) is 35.1 Å². The van der Waals surface area contributed by atoms with E-state index in [9.17, 15) is 13.6 Å². The fourth-order valence-corrected chi connectivity index (χ4v) is 1.27. The lowest BCUT2D eigenvalue weighted by Crippen LogP contribution is -2.15. The Morgan fingerprint density at radius 1 is 1.59 bits per heavy atom. The SMILES string of the molecule is CCOC(=O)c1nc(C(F)F)cc(CN)c1N. The zero-order chi connectivity index (χ0) is 13.0. The first-order valence-corrected chi connectivity index (χ1v) is 4.95. The van der Waals surface area contributed by atoms with Crippen LogP contribution in [0, 0.1) is 0 Å². The van der Waals surface area contributed by atoms with Crippen molar-refractivity contribution in [3.8, 4) is 0 Å². The fraction of sp³-hybridized carbons (Fsp3) is 0.400. The summed E-state index contributed by atoms with van der Waals surface area (Å²) in [7, 11) is 0. The molecular formula is C10H13F2N3O2. The van der Waals surface area contributed by atoms with Crippen molar-refractivity contribution >= 4 is 11.7 Å². The minimum Gasteiger partial charge on any atom is -0.461 e. The van der Waals surface area contributed by atoms with Crippen LogP contribution in [0.3, 0.4) is 0 Å². The molecule has 94 valence electrons. The van der Waals surface area contributed by atoms with Crippen LogP contribution in [0.25, 0.3) is 0 Å². The maximum absolute atomic E-state index is 12.5. The lowest BCUT2D eigenvalue weighted by molar-refractivity contribution is 0.0519. The van der Waals surface area contributed by atoms with Gasteiger partial charge in [-0.1, -0.05) is 0 Å². The van der Waals surface area contributed by atoms with E-state index in [1.54, 1.807) is 6.92 Å². The zero-order valence-electron chi connectivity index (χ0n) is 9.24. The number of halogens is 2. The highest BCUT2D eigenvalue weighted by Crippen LogP contribution is 2.24. The van der Waals surface area contributed by atoms with Gasteiger partial charge in [-0.3, -0.25) is 0 Å². The lowest BCUT2D eigenvalue weighted by Gasteiger charge is -2.10. The van der Waals surface area contributed by atoms with Gasteiger partial charge in [0.05, 0.1) is 12.3 Å². The second-order valence-corrected chi connectivity index (χ2v) is 3.19. The van der Waals surface area contributed by atoms with Crippen molar-refractivity contribution in [2.24, 2.45) is 5.73 Å². The van der Waals surface area contributed by atoms with Crippen LogP contribution in [0.4, 0.5) is 14.5 Å². The Labute approximate surface area is 96.8 Å². The molecule has 0 radical (unpaired) electrons. The summed E-state index contributed by atoms with van der Waals surface area (Å²) in [6.45, 7) is 1.65. The van der Waals surface area contributed by atoms with Gasteiger partial charge in [-0.25, -0.2) is 18.6 Å². The summed E-state index contributed by atoms with van der Waals surface area (Å²) in [5.74, 6) is -0.831. The summed E-state index contributed by atoms with van der Waals surface area (Å²) >= 11 is 0. The molecule has 1 aromatic rings. The van der Waals surface area contributed by atoms with Crippen molar-refractivity contribution in [3.05, 3.63) is 23.0 Å². The third-order valence-electron chi connectivity index (χ3n) is 2.08. The van der Waals surface area contributed by atoms with Crippen LogP contribution in [-0.4, -0.2) is 17.6 Å². The highest BCUT2D eigenvalue weighted by atomic mass is 19.3. The molecule has 0 aliphatic heterocycles. The van der Waals surface area contributed by atoms with Crippen molar-refractivity contribution < 1.29 is 18.3 Å². The molecule has 0 unspecified atom stereocenters. The first kappa shape index (κ1) is 13.3. The Balaban J connectivity index is 3.27. The number of hydrogen-bond donors (Lipinski definition) is 2. The first-order valence-electron chi connectivity index (χ1n) is 4.95. The summed E-state index contributed by atoms with van der Waals surface area (Å²) in [4.78, 5) is 15.0. The van der Waals surface area contributed by atoms with E-state index < -0.39 is 18.1 Å². The standard InChI is InChI=1S/C10H13F2N3O2/c1-2-17-10(16)8-7(14)5(4-13)3-6(15-8)9(11)12/h3,9H,2,4,13-14H2,1H3. The summed E-state index contributed by atoms with van der Waals surface area (Å²) in [6.07, 6.45) is -2.80. The van der Waals surface area contributed by atoms with Crippen LogP contribution >= 0.6 is 0 Å². The molecule has 0 saturated heterocycles. The molecule has 5 nitrogen and oxygen atoms in total. The molecule has 0 aliphatic carbocycles. The van der Waals surface area contributed by atoms with Gasteiger partial charge in [0.15, 0.2) is 5.69 Å². The van der Waals surface area contributed by atoms with Gasteiger partial charge in [-0.05, 0) is 18.6 Å². The van der Waals surface area contributed by atoms with E-state index in [4.69, 9.17) is 11.5 Å². The average Bonchev–Trinajstić information content (AvgIpc) is 2.29. The topological polar surface area (TPSA) is 91.2 Å². The molecule has 7 heteroatoms. The number of nitrogens with zero attached hydrogens (tertiary/aromatic N) is 1. The molecule has 0 bridgehead atoms. The second-order valence-electron chi connectivity index (χ2n) is 3.19. The zero-order valence-corrected chi connectivity index (χ0v) is 9.24. The summed E-state index contributed by atoms with van der Waals surface area (Å²) < 4.78 is 29.8. The maximum atomic E-state index is 12.5. The average molecular weight is 245 g/mol. The first-order chi connectivity index (χ1) is 8.01. The second kappa shape index (κ2) is 5.53. The largest absolute Gasteiger partial charge is 0.461 e. The number of ether oxygens (including phenoxy) is 1. The van der Waals surface area contributed by atoms with Gasteiger partial charge < -0.3 is 16.2 Å². The van der Waals surface area contributed by atoms with Crippen molar-refractivity contribution in [2.75, 3.05) is 12.3 Å². The number of nitrogen functional groups attached to an aromatic ring is 1. The van der Waals surface area contributed by atoms with E-state index in [0.29, 0.717) is 0 Å². The monoisotopic (exact) mass is 245 g/mol. The minimum absolute atomic E-state index is 0.0182. The molecule has 0 atom stereocenters. The van der Waals surface area contributed by atoms with Crippen LogP contribution < -0.4 is 11.5 Å². The van der Waals surface area contributed by atoms with Crippen LogP contribution in [0.2, 0.25) is 0 Å². The predicted molar refractivity (Wildman–Crippen MR) is 57.5 cm³/mol. The fourth-order valence-electron chi connectivity index (χ4n) is 1.27. The van der Waals surface area contributed by atoms with Gasteiger partial charge in [0.1, 0.15) is 5.69 Å². The van der Waals surface area contributed by atoms with Crippen LogP contribution in [0.5, 0.6) is 0 Å². The third kappa shape index (κ3) is 2.88. The highest BCUT2D eigenvalue weighted by molar-refractivity contribution is 5.93. The molecule has 1 heterocycles. The number of aromatic nitrogens is 1. The Morgan fingerprint density at radius 2 is 2.24 bits per heavy atom. The molecule has 17 heavy (non-hydrogen) atoms. The molecule has 0 aromatic carbocycles. The smallest absolute Gasteiger partial charge is 0.359 e. The van der Waals surface area contributed by atoms with Gasteiger partial charge in [-0.15, -0.1) is 0 Å². The number of pyridine rings is 1. The Hall–Kier alpha value is -1.76. The van der Waals surface area contributed by atoms with Crippen molar-refractivity contribution in [1.29, 1.82) is 0 Å². The van der Waals surface area contributed by atoms with Gasteiger partial charge in [0, 0.05) is 6.54 Å². The number of carbonyl (C=O) groups is 1. The number of hydrogen-bond acceptors (Lipinski definition) is 5. The number of alkyl halides is 2. The van der Waals surface area contributed by atoms with E-state index in [-0.39, 0.29) is 30.1 Å². The van der Waals surface area contributed by atoms with E-state index in [2.05, 4.69) is 9.72 Å². The Morgan fingerprint density at radius 3 is 2.71 bits per heavy atom. The molecule has 4 N–H and O–H groups in total. The minimum atomic E-state index is -2.80. The maximum Gasteiger partial charge on any atom is 0.359 e. The highest BCUT2D eigenvalue weighted by Gasteiger charge is 2.20. The number of carbonyl (C=O) groups excluding carboxylic acids is 1. The van der Waals surface area contributed by atoms with E-state index in [0.717, 1.165) is 6.07 Å². The summed E-state index contributed by atoms with van der Waals surface area (Å²) in [5, 5.41) is 0. The molecule has 1 rings (SSSR count). The van der Waals surface area contributed by atoms with E-state index in [1.165, 1.54) is 0 Å². The molecule has 0 spiro atoms. The molecular weight excluding hydrogens is 232 g/mol. The third-order valence-corrected chi connectivity index (χ3v) is 2.08. The predicted octanol–water partition coefficient (Wildman–Crippen LogP) is 1.24. The Bertz CT molecular complexity index is 424. The molecule has 1 aromatic heterocycles. The van der Waals surface area contributed by atoms with E-state index in [1.807, 2.05) is 0 Å². The summed E-state index contributed by atoms with van der Waals surface area (Å²) in [5.41, 5.74) is 10.3. The van der Waals surface area contributed by atoms with Crippen molar-refractivity contribution in [3.63, 3.8) is 0 Å². The quantitative estimate of drug-likeness (QED) is 0.778. The van der Waals surface area contributed by atoms with Gasteiger partial charge in [0.2, 0.25) is 0 Å². The number of nitrogens with two attached hydrogens (primary N) is 2. The number of esters is 1. The molecule has 0 aliphatic rings. The van der Waals surface area contributed by atoms with Gasteiger partial charge >= 0.3 is 5.97 Å². The molecule has 0 amide bonds. The lowest BCUT2D eigenvalue weighted by atomic mass is 10.1. The van der Waals surface area contributed by atoms with Crippen molar-refractivity contribution in [2.45, 2.75) is 19.9 Å². The molecule has 0 saturated carbocycles. The van der Waals surface area contributed by atoms with E-state index >= 15 is 0 Å². The normalized spacial score (nSPS) is 10.6. The van der Waals surface area contributed by atoms with Crippen molar-refractivity contribution in [1.82, 2.24) is 4.98 Å². The number of anilines is 1. The summed E-state index contributed by atoms with van der Waals surface area (Å²) in [6, 6.07) is 1.09. The molecule has 0 fully saturated rings. The van der Waals surface area contributed by atoms with Crippen LogP contribution in [-0.2, 0) is 11.3 Å². The number of rotatable bonds is 4. The Kier molecular flexibility index (Phi) is 4.33.